The molecule has 0 aliphatic carbocycles. The molecule has 102 valence electrons. The number of primary sulfonamides is 1. The van der Waals surface area contributed by atoms with E-state index in [0.717, 1.165) is 17.1 Å². The first-order chi connectivity index (χ1) is 8.95. The average molecular weight is 280 g/mol. The fourth-order valence-electron chi connectivity index (χ4n) is 1.71. The number of rotatable bonds is 5. The molecule has 5 nitrogen and oxygen atoms in total. The summed E-state index contributed by atoms with van der Waals surface area (Å²) in [5.41, 5.74) is 0.982. The maximum atomic E-state index is 11.1. The smallest absolute Gasteiger partial charge is 0.238 e. The molecule has 0 atom stereocenters. The zero-order chi connectivity index (χ0) is 13.9. The highest BCUT2D eigenvalue weighted by Gasteiger charge is 2.06. The first kappa shape index (κ1) is 13.8. The van der Waals surface area contributed by atoms with Crippen LogP contribution in [-0.2, 0) is 23.1 Å². The molecule has 0 saturated carbocycles. The summed E-state index contributed by atoms with van der Waals surface area (Å²) in [6.07, 6.45) is 0. The van der Waals surface area contributed by atoms with Gasteiger partial charge < -0.3 is 9.73 Å². The second-order valence-electron chi connectivity index (χ2n) is 4.30. The Kier molecular flexibility index (Phi) is 4.04. The van der Waals surface area contributed by atoms with E-state index in [2.05, 4.69) is 5.32 Å². The van der Waals surface area contributed by atoms with Gasteiger partial charge in [0.1, 0.15) is 11.5 Å². The van der Waals surface area contributed by atoms with E-state index in [0.29, 0.717) is 13.1 Å². The molecule has 0 aliphatic heterocycles. The van der Waals surface area contributed by atoms with E-state index in [1.165, 1.54) is 12.1 Å². The number of sulfonamides is 1. The highest BCUT2D eigenvalue weighted by atomic mass is 32.2. The lowest BCUT2D eigenvalue weighted by atomic mass is 10.2. The molecule has 0 saturated heterocycles. The molecular formula is C13H16N2O3S. The third-order valence-electron chi connectivity index (χ3n) is 2.68. The van der Waals surface area contributed by atoms with Crippen molar-refractivity contribution in [2.24, 2.45) is 5.14 Å². The minimum absolute atomic E-state index is 0.123. The lowest BCUT2D eigenvalue weighted by Gasteiger charge is -2.04. The van der Waals surface area contributed by atoms with Crippen molar-refractivity contribution < 1.29 is 12.8 Å². The lowest BCUT2D eigenvalue weighted by Crippen LogP contribution is -2.14. The van der Waals surface area contributed by atoms with Gasteiger partial charge in [0.15, 0.2) is 0 Å². The van der Waals surface area contributed by atoms with Gasteiger partial charge >= 0.3 is 0 Å². The first-order valence-electron chi connectivity index (χ1n) is 5.83. The normalized spacial score (nSPS) is 11.7. The zero-order valence-corrected chi connectivity index (χ0v) is 11.4. The van der Waals surface area contributed by atoms with E-state index in [9.17, 15) is 8.42 Å². The number of hydrogen-bond acceptors (Lipinski definition) is 4. The van der Waals surface area contributed by atoms with Gasteiger partial charge in [-0.1, -0.05) is 12.1 Å². The Labute approximate surface area is 112 Å². The van der Waals surface area contributed by atoms with Crippen molar-refractivity contribution in [3.63, 3.8) is 0 Å². The van der Waals surface area contributed by atoms with Crippen molar-refractivity contribution in [3.05, 3.63) is 53.5 Å². The van der Waals surface area contributed by atoms with E-state index >= 15 is 0 Å². The van der Waals surface area contributed by atoms with Gasteiger partial charge in [0.05, 0.1) is 11.4 Å². The van der Waals surface area contributed by atoms with Gasteiger partial charge in [-0.2, -0.15) is 0 Å². The van der Waals surface area contributed by atoms with Crippen LogP contribution in [0.5, 0.6) is 0 Å². The lowest BCUT2D eigenvalue weighted by molar-refractivity contribution is 0.461. The number of nitrogens with two attached hydrogens (primary N) is 1. The molecule has 0 amide bonds. The quantitative estimate of drug-likeness (QED) is 0.869. The largest absolute Gasteiger partial charge is 0.465 e. The third-order valence-corrected chi connectivity index (χ3v) is 3.61. The van der Waals surface area contributed by atoms with Crippen LogP contribution in [0.2, 0.25) is 0 Å². The van der Waals surface area contributed by atoms with Crippen molar-refractivity contribution >= 4 is 10.0 Å². The Balaban J connectivity index is 1.90. The Bertz CT molecular complexity index is 645. The van der Waals surface area contributed by atoms with Gasteiger partial charge in [0.2, 0.25) is 10.0 Å². The Morgan fingerprint density at radius 2 is 1.79 bits per heavy atom. The molecule has 0 bridgehead atoms. The molecule has 6 heteroatoms. The van der Waals surface area contributed by atoms with Gasteiger partial charge in [0, 0.05) is 6.54 Å². The number of furan rings is 1. The molecule has 0 radical (unpaired) electrons. The highest BCUT2D eigenvalue weighted by molar-refractivity contribution is 7.89. The molecule has 2 aromatic rings. The van der Waals surface area contributed by atoms with Gasteiger partial charge in [-0.05, 0) is 36.8 Å². The SMILES string of the molecule is Cc1ccc(CNCc2ccc(S(N)(=O)=O)cc2)o1. The maximum absolute atomic E-state index is 11.1. The number of aryl methyl sites for hydroxylation is 1. The second-order valence-corrected chi connectivity index (χ2v) is 5.87. The van der Waals surface area contributed by atoms with E-state index < -0.39 is 10.0 Å². The predicted molar refractivity (Wildman–Crippen MR) is 71.8 cm³/mol. The molecule has 0 unspecified atom stereocenters. The standard InChI is InChI=1S/C13H16N2O3S/c1-10-2-5-12(18-10)9-15-8-11-3-6-13(7-4-11)19(14,16)17/h2-7,15H,8-9H2,1H3,(H2,14,16,17). The van der Waals surface area contributed by atoms with Gasteiger partial charge in [-0.15, -0.1) is 0 Å². The minimum Gasteiger partial charge on any atom is -0.465 e. The minimum atomic E-state index is -3.62. The van der Waals surface area contributed by atoms with Crippen LogP contribution in [0.15, 0.2) is 45.7 Å². The van der Waals surface area contributed by atoms with Crippen LogP contribution >= 0.6 is 0 Å². The summed E-state index contributed by atoms with van der Waals surface area (Å²) in [6, 6.07) is 10.3. The van der Waals surface area contributed by atoms with Crippen LogP contribution in [0.25, 0.3) is 0 Å². The molecule has 1 heterocycles. The summed E-state index contributed by atoms with van der Waals surface area (Å²) in [4.78, 5) is 0.123. The molecule has 0 fully saturated rings. The van der Waals surface area contributed by atoms with Gasteiger partial charge in [-0.3, -0.25) is 0 Å². The summed E-state index contributed by atoms with van der Waals surface area (Å²) in [5, 5.41) is 8.24. The third kappa shape index (κ3) is 3.92. The predicted octanol–water partition coefficient (Wildman–Crippen LogP) is 1.53. The molecule has 19 heavy (non-hydrogen) atoms. The topological polar surface area (TPSA) is 85.3 Å². The average Bonchev–Trinajstić information content (AvgIpc) is 2.75. The van der Waals surface area contributed by atoms with E-state index in [4.69, 9.17) is 9.56 Å². The van der Waals surface area contributed by atoms with Crippen molar-refractivity contribution in [1.29, 1.82) is 0 Å². The van der Waals surface area contributed by atoms with Crippen molar-refractivity contribution in [2.45, 2.75) is 24.9 Å². The molecule has 1 aromatic heterocycles. The molecule has 2 rings (SSSR count). The maximum Gasteiger partial charge on any atom is 0.238 e. The fraction of sp³-hybridized carbons (Fsp3) is 0.231. The van der Waals surface area contributed by atoms with E-state index in [-0.39, 0.29) is 4.90 Å². The molecule has 1 aromatic carbocycles. The van der Waals surface area contributed by atoms with Crippen LogP contribution in [-0.4, -0.2) is 8.42 Å². The summed E-state index contributed by atoms with van der Waals surface area (Å²) >= 11 is 0. The monoisotopic (exact) mass is 280 g/mol. The summed E-state index contributed by atoms with van der Waals surface area (Å²) in [6.45, 7) is 3.16. The van der Waals surface area contributed by atoms with Crippen LogP contribution in [0.4, 0.5) is 0 Å². The molecule has 3 N–H and O–H groups in total. The Hall–Kier alpha value is -1.63. The van der Waals surface area contributed by atoms with Crippen molar-refractivity contribution in [1.82, 2.24) is 5.32 Å². The fourth-order valence-corrected chi connectivity index (χ4v) is 2.22. The summed E-state index contributed by atoms with van der Waals surface area (Å²) in [5.74, 6) is 1.76. The Morgan fingerprint density at radius 3 is 2.32 bits per heavy atom. The van der Waals surface area contributed by atoms with Crippen LogP contribution in [0.1, 0.15) is 17.1 Å². The summed E-state index contributed by atoms with van der Waals surface area (Å²) < 4.78 is 27.6. The summed E-state index contributed by atoms with van der Waals surface area (Å²) in [7, 11) is -3.62. The number of hydrogen-bond donors (Lipinski definition) is 2. The van der Waals surface area contributed by atoms with Crippen LogP contribution in [0.3, 0.4) is 0 Å². The van der Waals surface area contributed by atoms with Gasteiger partial charge in [0.25, 0.3) is 0 Å². The van der Waals surface area contributed by atoms with Gasteiger partial charge in [-0.25, -0.2) is 13.6 Å². The van der Waals surface area contributed by atoms with E-state index in [1.54, 1.807) is 12.1 Å². The van der Waals surface area contributed by atoms with Crippen molar-refractivity contribution in [2.75, 3.05) is 0 Å². The van der Waals surface area contributed by atoms with Crippen molar-refractivity contribution in [3.8, 4) is 0 Å². The second kappa shape index (κ2) is 5.56. The zero-order valence-electron chi connectivity index (χ0n) is 10.6. The molecule has 0 aliphatic rings. The number of benzene rings is 1. The van der Waals surface area contributed by atoms with Crippen LogP contribution in [0, 0.1) is 6.92 Å². The van der Waals surface area contributed by atoms with Crippen LogP contribution < -0.4 is 10.5 Å². The molecular weight excluding hydrogens is 264 g/mol. The Morgan fingerprint density at radius 1 is 1.11 bits per heavy atom. The highest BCUT2D eigenvalue weighted by Crippen LogP contribution is 2.09. The first-order valence-corrected chi connectivity index (χ1v) is 7.37. The number of nitrogens with one attached hydrogen (secondary N) is 1. The van der Waals surface area contributed by atoms with E-state index in [1.807, 2.05) is 19.1 Å². The molecule has 0 spiro atoms.